The van der Waals surface area contributed by atoms with E-state index in [1.165, 1.54) is 0 Å². The van der Waals surface area contributed by atoms with Crippen molar-refractivity contribution in [3.63, 3.8) is 0 Å². The average molecular weight is 270 g/mol. The van der Waals surface area contributed by atoms with Crippen molar-refractivity contribution in [3.8, 4) is 0 Å². The van der Waals surface area contributed by atoms with Crippen LogP contribution >= 0.6 is 0 Å². The molecular formula is C10H17F3N2O3. The van der Waals surface area contributed by atoms with E-state index < -0.39 is 18.9 Å². The van der Waals surface area contributed by atoms with E-state index in [9.17, 15) is 18.0 Å². The molecule has 8 heteroatoms. The molecule has 0 aromatic rings. The quantitative estimate of drug-likeness (QED) is 0.828. The van der Waals surface area contributed by atoms with Gasteiger partial charge in [0.15, 0.2) is 6.61 Å². The second-order valence-electron chi connectivity index (χ2n) is 4.15. The fourth-order valence-corrected chi connectivity index (χ4v) is 1.61. The van der Waals surface area contributed by atoms with Crippen molar-refractivity contribution in [2.45, 2.75) is 19.1 Å². The molecule has 106 valence electrons. The predicted octanol–water partition coefficient (Wildman–Crippen LogP) is 0.996. The lowest BCUT2D eigenvalue weighted by molar-refractivity contribution is -0.160. The van der Waals surface area contributed by atoms with E-state index in [-0.39, 0.29) is 6.04 Å². The summed E-state index contributed by atoms with van der Waals surface area (Å²) < 4.78 is 44.6. The summed E-state index contributed by atoms with van der Waals surface area (Å²) in [7, 11) is 0. The molecule has 1 saturated heterocycles. The van der Waals surface area contributed by atoms with Crippen molar-refractivity contribution in [2.75, 3.05) is 39.5 Å². The first-order valence-corrected chi connectivity index (χ1v) is 5.67. The summed E-state index contributed by atoms with van der Waals surface area (Å²) in [6.45, 7) is 3.47. The molecule has 1 heterocycles. The molecule has 1 fully saturated rings. The Labute approximate surface area is 103 Å². The van der Waals surface area contributed by atoms with Gasteiger partial charge in [-0.2, -0.15) is 13.2 Å². The van der Waals surface area contributed by atoms with Gasteiger partial charge in [-0.1, -0.05) is 0 Å². The number of nitrogens with zero attached hydrogens (tertiary/aromatic N) is 1. The largest absolute Gasteiger partial charge is 0.440 e. The minimum absolute atomic E-state index is 0.274. The maximum atomic E-state index is 11.8. The summed E-state index contributed by atoms with van der Waals surface area (Å²) in [5, 5.41) is 2.36. The normalized spacial score (nSPS) is 19.3. The van der Waals surface area contributed by atoms with E-state index in [0.717, 1.165) is 13.1 Å². The molecule has 0 aromatic carbocycles. The average Bonchev–Trinajstić information content (AvgIpc) is 2.26. The highest BCUT2D eigenvalue weighted by atomic mass is 19.4. The molecular weight excluding hydrogens is 253 g/mol. The second kappa shape index (κ2) is 6.79. The zero-order valence-corrected chi connectivity index (χ0v) is 10.1. The van der Waals surface area contributed by atoms with Crippen LogP contribution in [0.5, 0.6) is 0 Å². The maximum absolute atomic E-state index is 11.8. The second-order valence-corrected chi connectivity index (χ2v) is 4.15. The fourth-order valence-electron chi connectivity index (χ4n) is 1.61. The zero-order chi connectivity index (χ0) is 13.6. The monoisotopic (exact) mass is 270 g/mol. The lowest BCUT2D eigenvalue weighted by Gasteiger charge is -2.29. The number of amides is 1. The van der Waals surface area contributed by atoms with Crippen LogP contribution in [0.2, 0.25) is 0 Å². The molecule has 0 aliphatic carbocycles. The van der Waals surface area contributed by atoms with Gasteiger partial charge in [-0.25, -0.2) is 4.79 Å². The number of nitrogens with one attached hydrogen (secondary N) is 1. The van der Waals surface area contributed by atoms with Gasteiger partial charge in [-0.15, -0.1) is 0 Å². The summed E-state index contributed by atoms with van der Waals surface area (Å²) in [5.74, 6) is 0. The van der Waals surface area contributed by atoms with Crippen LogP contribution in [-0.2, 0) is 9.47 Å². The van der Waals surface area contributed by atoms with Gasteiger partial charge >= 0.3 is 12.3 Å². The van der Waals surface area contributed by atoms with E-state index in [1.54, 1.807) is 6.92 Å². The Bertz CT molecular complexity index is 268. The first-order chi connectivity index (χ1) is 8.37. The number of alkyl carbamates (subject to hydrolysis) is 1. The van der Waals surface area contributed by atoms with Crippen molar-refractivity contribution >= 4 is 6.09 Å². The van der Waals surface area contributed by atoms with Crippen molar-refractivity contribution in [3.05, 3.63) is 0 Å². The number of halogens is 3. The van der Waals surface area contributed by atoms with Gasteiger partial charge in [0.2, 0.25) is 0 Å². The first kappa shape index (κ1) is 15.0. The molecule has 1 rings (SSSR count). The van der Waals surface area contributed by atoms with E-state index in [0.29, 0.717) is 19.8 Å². The van der Waals surface area contributed by atoms with Crippen LogP contribution in [0, 0.1) is 0 Å². The third kappa shape index (κ3) is 6.65. The Kier molecular flexibility index (Phi) is 5.67. The molecule has 0 bridgehead atoms. The Hall–Kier alpha value is -1.02. The highest BCUT2D eigenvalue weighted by molar-refractivity contribution is 5.67. The van der Waals surface area contributed by atoms with Crippen LogP contribution < -0.4 is 5.32 Å². The highest BCUT2D eigenvalue weighted by Crippen LogP contribution is 2.14. The Morgan fingerprint density at radius 1 is 1.44 bits per heavy atom. The third-order valence-corrected chi connectivity index (χ3v) is 2.37. The molecule has 18 heavy (non-hydrogen) atoms. The van der Waals surface area contributed by atoms with Crippen molar-refractivity contribution in [1.29, 1.82) is 0 Å². The Balaban J connectivity index is 2.18. The van der Waals surface area contributed by atoms with Crippen LogP contribution in [0.25, 0.3) is 0 Å². The standard InChI is InChI=1S/C10H17F3N2O3/c1-8(6-15-2-4-17-5-3-15)14-9(16)18-7-10(11,12)13/h8H,2-7H2,1H3,(H,14,16). The van der Waals surface area contributed by atoms with E-state index in [1.807, 2.05) is 0 Å². The third-order valence-electron chi connectivity index (χ3n) is 2.37. The summed E-state index contributed by atoms with van der Waals surface area (Å²) >= 11 is 0. The number of carbonyl (C=O) groups excluding carboxylic acids is 1. The predicted molar refractivity (Wildman–Crippen MR) is 57.3 cm³/mol. The Morgan fingerprint density at radius 2 is 2.06 bits per heavy atom. The molecule has 1 unspecified atom stereocenters. The van der Waals surface area contributed by atoms with Gasteiger partial charge < -0.3 is 14.8 Å². The number of alkyl halides is 3. The minimum Gasteiger partial charge on any atom is -0.440 e. The zero-order valence-electron chi connectivity index (χ0n) is 10.1. The summed E-state index contributed by atoms with van der Waals surface area (Å²) in [6, 6.07) is -0.274. The number of carbonyl (C=O) groups is 1. The van der Waals surface area contributed by atoms with Crippen LogP contribution in [-0.4, -0.2) is 62.7 Å². The first-order valence-electron chi connectivity index (χ1n) is 5.67. The summed E-state index contributed by atoms with van der Waals surface area (Å²) in [4.78, 5) is 13.1. The molecule has 0 spiro atoms. The molecule has 0 saturated carbocycles. The number of hydrogen-bond donors (Lipinski definition) is 1. The van der Waals surface area contributed by atoms with Gasteiger partial charge in [-0.3, -0.25) is 4.90 Å². The molecule has 1 N–H and O–H groups in total. The van der Waals surface area contributed by atoms with Crippen LogP contribution in [0.3, 0.4) is 0 Å². The lowest BCUT2D eigenvalue weighted by Crippen LogP contribution is -2.46. The summed E-state index contributed by atoms with van der Waals surface area (Å²) in [5.41, 5.74) is 0. The van der Waals surface area contributed by atoms with E-state index in [2.05, 4.69) is 15.0 Å². The molecule has 0 radical (unpaired) electrons. The number of morpholine rings is 1. The molecule has 1 atom stereocenters. The highest BCUT2D eigenvalue weighted by Gasteiger charge is 2.29. The van der Waals surface area contributed by atoms with Crippen molar-refractivity contribution in [2.24, 2.45) is 0 Å². The van der Waals surface area contributed by atoms with Crippen molar-refractivity contribution < 1.29 is 27.4 Å². The van der Waals surface area contributed by atoms with Gasteiger partial charge in [0, 0.05) is 25.7 Å². The van der Waals surface area contributed by atoms with E-state index in [4.69, 9.17) is 4.74 Å². The van der Waals surface area contributed by atoms with Gasteiger partial charge in [0.25, 0.3) is 0 Å². The molecule has 0 aromatic heterocycles. The minimum atomic E-state index is -4.50. The maximum Gasteiger partial charge on any atom is 0.422 e. The fraction of sp³-hybridized carbons (Fsp3) is 0.900. The molecule has 1 aliphatic rings. The topological polar surface area (TPSA) is 50.8 Å². The molecule has 5 nitrogen and oxygen atoms in total. The van der Waals surface area contributed by atoms with Gasteiger partial charge in [-0.05, 0) is 6.92 Å². The molecule has 1 amide bonds. The van der Waals surface area contributed by atoms with Gasteiger partial charge in [0.1, 0.15) is 0 Å². The molecule has 1 aliphatic heterocycles. The lowest BCUT2D eigenvalue weighted by atomic mass is 10.3. The van der Waals surface area contributed by atoms with Crippen LogP contribution in [0.15, 0.2) is 0 Å². The van der Waals surface area contributed by atoms with Gasteiger partial charge in [0.05, 0.1) is 13.2 Å². The van der Waals surface area contributed by atoms with Crippen LogP contribution in [0.4, 0.5) is 18.0 Å². The van der Waals surface area contributed by atoms with Crippen LogP contribution in [0.1, 0.15) is 6.92 Å². The summed E-state index contributed by atoms with van der Waals surface area (Å²) in [6.07, 6.45) is -5.54. The van der Waals surface area contributed by atoms with E-state index >= 15 is 0 Å². The van der Waals surface area contributed by atoms with Crippen molar-refractivity contribution in [1.82, 2.24) is 10.2 Å². The number of hydrogen-bond acceptors (Lipinski definition) is 4. The number of rotatable bonds is 4. The number of ether oxygens (including phenoxy) is 2. The smallest absolute Gasteiger partial charge is 0.422 e. The Morgan fingerprint density at radius 3 is 2.61 bits per heavy atom. The SMILES string of the molecule is CC(CN1CCOCC1)NC(=O)OCC(F)(F)F.